The fourth-order valence-electron chi connectivity index (χ4n) is 2.76. The third kappa shape index (κ3) is 4.10. The van der Waals surface area contributed by atoms with E-state index in [2.05, 4.69) is 59.7 Å². The van der Waals surface area contributed by atoms with Crippen molar-refractivity contribution in [1.82, 2.24) is 10.2 Å². The van der Waals surface area contributed by atoms with Gasteiger partial charge in [0.25, 0.3) is 0 Å². The summed E-state index contributed by atoms with van der Waals surface area (Å²) in [5.41, 5.74) is 0. The molecular weight excluding hydrogens is 284 g/mol. The number of fused-ring (bicyclic) bond motifs is 1. The first-order valence-electron chi connectivity index (χ1n) is 7.35. The van der Waals surface area contributed by atoms with Crippen LogP contribution < -0.4 is 10.1 Å². The van der Waals surface area contributed by atoms with Gasteiger partial charge < -0.3 is 10.1 Å². The van der Waals surface area contributed by atoms with Gasteiger partial charge in [-0.1, -0.05) is 30.3 Å². The molecule has 3 nitrogen and oxygen atoms in total. The van der Waals surface area contributed by atoms with Gasteiger partial charge in [-0.25, -0.2) is 0 Å². The number of benzene rings is 2. The molecule has 2 aromatic rings. The highest BCUT2D eigenvalue weighted by molar-refractivity contribution is 5.85. The second-order valence-electron chi connectivity index (χ2n) is 5.48. The molecule has 0 aliphatic carbocycles. The van der Waals surface area contributed by atoms with Gasteiger partial charge >= 0.3 is 0 Å². The van der Waals surface area contributed by atoms with Crippen molar-refractivity contribution in [2.45, 2.75) is 12.5 Å². The van der Waals surface area contributed by atoms with Crippen LogP contribution in [0.15, 0.2) is 42.5 Å². The number of ether oxygens (including phenoxy) is 1. The molecule has 114 valence electrons. The molecule has 0 bridgehead atoms. The van der Waals surface area contributed by atoms with E-state index in [0.29, 0.717) is 6.04 Å². The van der Waals surface area contributed by atoms with Crippen molar-refractivity contribution in [3.05, 3.63) is 42.5 Å². The highest BCUT2D eigenvalue weighted by atomic mass is 35.5. The molecular formula is C17H23ClN2O. The molecule has 4 heteroatoms. The highest BCUT2D eigenvalue weighted by Crippen LogP contribution is 2.20. The fourth-order valence-corrected chi connectivity index (χ4v) is 2.76. The van der Waals surface area contributed by atoms with Crippen molar-refractivity contribution in [2.75, 3.05) is 33.3 Å². The van der Waals surface area contributed by atoms with E-state index in [9.17, 15) is 0 Å². The van der Waals surface area contributed by atoms with Crippen molar-refractivity contribution in [1.29, 1.82) is 0 Å². The maximum Gasteiger partial charge on any atom is 0.120 e. The molecule has 1 saturated heterocycles. The van der Waals surface area contributed by atoms with Crippen molar-refractivity contribution >= 4 is 23.2 Å². The number of nitrogens with zero attached hydrogens (tertiary/aromatic N) is 1. The second-order valence-corrected chi connectivity index (χ2v) is 5.48. The molecule has 1 N–H and O–H groups in total. The Balaban J connectivity index is 0.00000161. The topological polar surface area (TPSA) is 24.5 Å². The molecule has 0 amide bonds. The Kier molecular flexibility index (Phi) is 5.85. The Bertz CT molecular complexity index is 569. The van der Waals surface area contributed by atoms with E-state index in [1.807, 2.05) is 0 Å². The lowest BCUT2D eigenvalue weighted by molar-refractivity contribution is 0.199. The van der Waals surface area contributed by atoms with E-state index in [-0.39, 0.29) is 12.4 Å². The minimum Gasteiger partial charge on any atom is -0.492 e. The van der Waals surface area contributed by atoms with Crippen molar-refractivity contribution in [3.8, 4) is 5.75 Å². The zero-order valence-electron chi connectivity index (χ0n) is 12.4. The molecule has 3 rings (SSSR count). The maximum atomic E-state index is 5.88. The van der Waals surface area contributed by atoms with Gasteiger partial charge in [-0.3, -0.25) is 4.90 Å². The Morgan fingerprint density at radius 3 is 2.76 bits per heavy atom. The van der Waals surface area contributed by atoms with Crippen LogP contribution in [0.1, 0.15) is 6.42 Å². The van der Waals surface area contributed by atoms with Gasteiger partial charge in [0, 0.05) is 19.1 Å². The predicted octanol–water partition coefficient (Wildman–Crippen LogP) is 2.93. The van der Waals surface area contributed by atoms with Gasteiger partial charge in [0.2, 0.25) is 0 Å². The number of nitrogens with one attached hydrogen (secondary N) is 1. The van der Waals surface area contributed by atoms with Crippen molar-refractivity contribution < 1.29 is 4.74 Å². The number of hydrogen-bond acceptors (Lipinski definition) is 3. The predicted molar refractivity (Wildman–Crippen MR) is 90.6 cm³/mol. The molecule has 21 heavy (non-hydrogen) atoms. The van der Waals surface area contributed by atoms with Crippen LogP contribution in [-0.4, -0.2) is 44.2 Å². The molecule has 1 fully saturated rings. The second kappa shape index (κ2) is 7.64. The SMILES string of the molecule is CN(CCOc1ccc2ccccc2c1)C1CCNC1.Cl. The van der Waals surface area contributed by atoms with E-state index < -0.39 is 0 Å². The first-order chi connectivity index (χ1) is 9.83. The lowest BCUT2D eigenvalue weighted by atomic mass is 10.1. The standard InChI is InChI=1S/C17H22N2O.ClH/c1-19(16-8-9-18-13-16)10-11-20-17-7-6-14-4-2-3-5-15(14)12-17;/h2-7,12,16,18H,8-11,13H2,1H3;1H. The summed E-state index contributed by atoms with van der Waals surface area (Å²) in [7, 11) is 2.18. The fraction of sp³-hybridized carbons (Fsp3) is 0.412. The van der Waals surface area contributed by atoms with Gasteiger partial charge in [-0.05, 0) is 42.9 Å². The van der Waals surface area contributed by atoms with E-state index in [1.54, 1.807) is 0 Å². The number of rotatable bonds is 5. The Hall–Kier alpha value is -1.29. The summed E-state index contributed by atoms with van der Waals surface area (Å²) in [6, 6.07) is 15.3. The van der Waals surface area contributed by atoms with Gasteiger partial charge in [-0.2, -0.15) is 0 Å². The van der Waals surface area contributed by atoms with E-state index >= 15 is 0 Å². The summed E-state index contributed by atoms with van der Waals surface area (Å²) in [6.07, 6.45) is 1.24. The van der Waals surface area contributed by atoms with E-state index in [4.69, 9.17) is 4.74 Å². The third-order valence-electron chi connectivity index (χ3n) is 4.09. The first-order valence-corrected chi connectivity index (χ1v) is 7.35. The normalized spacial score (nSPS) is 17.9. The summed E-state index contributed by atoms with van der Waals surface area (Å²) in [5, 5.41) is 5.89. The average molecular weight is 307 g/mol. The van der Waals surface area contributed by atoms with Crippen LogP contribution in [0.5, 0.6) is 5.75 Å². The van der Waals surface area contributed by atoms with Crippen LogP contribution in [0.2, 0.25) is 0 Å². The van der Waals surface area contributed by atoms with Gasteiger partial charge in [-0.15, -0.1) is 12.4 Å². The van der Waals surface area contributed by atoms with Crippen LogP contribution >= 0.6 is 12.4 Å². The van der Waals surface area contributed by atoms with E-state index in [1.165, 1.54) is 17.2 Å². The maximum absolute atomic E-state index is 5.88. The number of likely N-dealkylation sites (N-methyl/N-ethyl adjacent to an activating group) is 1. The monoisotopic (exact) mass is 306 g/mol. The molecule has 0 saturated carbocycles. The average Bonchev–Trinajstić information content (AvgIpc) is 3.01. The lowest BCUT2D eigenvalue weighted by Crippen LogP contribution is -2.36. The molecule has 2 aromatic carbocycles. The van der Waals surface area contributed by atoms with Crippen LogP contribution in [0.3, 0.4) is 0 Å². The largest absolute Gasteiger partial charge is 0.492 e. The molecule has 1 heterocycles. The van der Waals surface area contributed by atoms with Crippen LogP contribution in [-0.2, 0) is 0 Å². The minimum absolute atomic E-state index is 0. The summed E-state index contributed by atoms with van der Waals surface area (Å²) in [4.78, 5) is 2.39. The number of hydrogen-bond donors (Lipinski definition) is 1. The zero-order chi connectivity index (χ0) is 13.8. The molecule has 0 spiro atoms. The van der Waals surface area contributed by atoms with Crippen molar-refractivity contribution in [2.24, 2.45) is 0 Å². The van der Waals surface area contributed by atoms with E-state index in [0.717, 1.165) is 32.0 Å². The number of halogens is 1. The lowest BCUT2D eigenvalue weighted by Gasteiger charge is -2.23. The third-order valence-corrected chi connectivity index (χ3v) is 4.09. The molecule has 1 atom stereocenters. The first kappa shape index (κ1) is 16.1. The smallest absolute Gasteiger partial charge is 0.120 e. The summed E-state index contributed by atoms with van der Waals surface area (Å²) >= 11 is 0. The van der Waals surface area contributed by atoms with Gasteiger partial charge in [0.1, 0.15) is 12.4 Å². The summed E-state index contributed by atoms with van der Waals surface area (Å²) in [6.45, 7) is 3.96. The van der Waals surface area contributed by atoms with Crippen LogP contribution in [0.4, 0.5) is 0 Å². The molecule has 0 aromatic heterocycles. The summed E-state index contributed by atoms with van der Waals surface area (Å²) < 4.78 is 5.88. The minimum atomic E-state index is 0. The molecule has 1 aliphatic heterocycles. The molecule has 0 radical (unpaired) electrons. The quantitative estimate of drug-likeness (QED) is 0.919. The Morgan fingerprint density at radius 2 is 2.00 bits per heavy atom. The van der Waals surface area contributed by atoms with Gasteiger partial charge in [0.05, 0.1) is 0 Å². The summed E-state index contributed by atoms with van der Waals surface area (Å²) in [5.74, 6) is 0.960. The molecule has 1 aliphatic rings. The van der Waals surface area contributed by atoms with Crippen LogP contribution in [0.25, 0.3) is 10.8 Å². The van der Waals surface area contributed by atoms with Crippen molar-refractivity contribution in [3.63, 3.8) is 0 Å². The van der Waals surface area contributed by atoms with Gasteiger partial charge in [0.15, 0.2) is 0 Å². The van der Waals surface area contributed by atoms with Crippen LogP contribution in [0, 0.1) is 0 Å². The molecule has 1 unspecified atom stereocenters. The zero-order valence-corrected chi connectivity index (χ0v) is 13.2. The Labute approximate surface area is 132 Å². The Morgan fingerprint density at radius 1 is 1.19 bits per heavy atom. The highest BCUT2D eigenvalue weighted by Gasteiger charge is 2.18.